The van der Waals surface area contributed by atoms with Gasteiger partial charge in [-0.15, -0.1) is 0 Å². The number of rotatable bonds is 2. The van der Waals surface area contributed by atoms with Crippen LogP contribution in [0.4, 0.5) is 0 Å². The second-order valence-corrected chi connectivity index (χ2v) is 13.9. The normalized spacial score (nSPS) is 11.8. The van der Waals surface area contributed by atoms with E-state index in [4.69, 9.17) is 0 Å². The summed E-state index contributed by atoms with van der Waals surface area (Å²) in [6.07, 6.45) is 0. The summed E-state index contributed by atoms with van der Waals surface area (Å²) in [5, 5.41) is 10.1. The summed E-state index contributed by atoms with van der Waals surface area (Å²) in [7, 11) is 0. The highest BCUT2D eigenvalue weighted by Gasteiger charge is 2.26. The van der Waals surface area contributed by atoms with Crippen molar-refractivity contribution in [3.63, 3.8) is 0 Å². The summed E-state index contributed by atoms with van der Waals surface area (Å²) in [4.78, 5) is 0. The monoisotopic (exact) mass is 656 g/mol. The molecule has 52 heavy (non-hydrogen) atoms. The lowest BCUT2D eigenvalue weighted by Gasteiger charge is -2.26. The van der Waals surface area contributed by atoms with Crippen LogP contribution in [0.15, 0.2) is 194 Å². The van der Waals surface area contributed by atoms with Gasteiger partial charge in [0.25, 0.3) is 0 Å². The summed E-state index contributed by atoms with van der Waals surface area (Å²) >= 11 is 0. The minimum atomic E-state index is 1.25. The highest BCUT2D eigenvalue weighted by Crippen LogP contribution is 2.54. The second kappa shape index (κ2) is 11.4. The Morgan fingerprint density at radius 3 is 0.981 bits per heavy atom. The molecule has 0 radical (unpaired) electrons. The van der Waals surface area contributed by atoms with Crippen LogP contribution in [0.5, 0.6) is 0 Å². The van der Waals surface area contributed by atoms with Crippen molar-refractivity contribution >= 4 is 43.1 Å². The smallest absolute Gasteiger partial charge is 0.00139 e. The lowest BCUT2D eigenvalue weighted by molar-refractivity contribution is 1.52. The summed E-state index contributed by atoms with van der Waals surface area (Å²) in [5.74, 6) is 0. The van der Waals surface area contributed by atoms with Crippen LogP contribution in [0.3, 0.4) is 0 Å². The summed E-state index contributed by atoms with van der Waals surface area (Å²) < 4.78 is 0. The second-order valence-electron chi connectivity index (χ2n) is 13.9. The Kier molecular flexibility index (Phi) is 6.35. The molecule has 0 saturated carbocycles. The molecule has 0 spiro atoms. The van der Waals surface area contributed by atoms with Crippen molar-refractivity contribution in [2.75, 3.05) is 0 Å². The van der Waals surface area contributed by atoms with Crippen molar-refractivity contribution in [2.24, 2.45) is 0 Å². The fourth-order valence-corrected chi connectivity index (χ4v) is 9.09. The molecule has 10 aromatic carbocycles. The van der Waals surface area contributed by atoms with Gasteiger partial charge in [-0.25, -0.2) is 0 Å². The van der Waals surface area contributed by atoms with E-state index in [0.717, 1.165) is 0 Å². The van der Waals surface area contributed by atoms with Crippen molar-refractivity contribution in [3.8, 4) is 66.8 Å². The van der Waals surface area contributed by atoms with Crippen LogP contribution in [0.1, 0.15) is 0 Å². The molecule has 11 rings (SSSR count). The van der Waals surface area contributed by atoms with E-state index in [1.54, 1.807) is 0 Å². The molecule has 0 bridgehead atoms. The van der Waals surface area contributed by atoms with Gasteiger partial charge in [0, 0.05) is 0 Å². The quantitative estimate of drug-likeness (QED) is 0.162. The van der Waals surface area contributed by atoms with Gasteiger partial charge in [0.2, 0.25) is 0 Å². The summed E-state index contributed by atoms with van der Waals surface area (Å²) in [5.41, 5.74) is 15.2. The number of fused-ring (bicyclic) bond motifs is 12. The van der Waals surface area contributed by atoms with Gasteiger partial charge in [-0.1, -0.05) is 188 Å². The maximum atomic E-state index is 2.35. The first-order valence-electron chi connectivity index (χ1n) is 18.1. The van der Waals surface area contributed by atoms with E-state index in [9.17, 15) is 0 Å². The van der Waals surface area contributed by atoms with E-state index in [1.807, 2.05) is 0 Å². The third kappa shape index (κ3) is 4.16. The SMILES string of the molecule is c1ccc2c(c1)-c1ccccc1-c1cccc(-c3c4ccccc4c(-c4c5ccccc5cc5ccccc45)c4ccccc34)c1-c1ccccc1-2. The molecule has 1 aliphatic carbocycles. The van der Waals surface area contributed by atoms with Crippen LogP contribution in [-0.2, 0) is 0 Å². The van der Waals surface area contributed by atoms with Gasteiger partial charge in [0.15, 0.2) is 0 Å². The van der Waals surface area contributed by atoms with Crippen molar-refractivity contribution in [2.45, 2.75) is 0 Å². The van der Waals surface area contributed by atoms with E-state index < -0.39 is 0 Å². The highest BCUT2D eigenvalue weighted by atomic mass is 14.3. The largest absolute Gasteiger partial charge is 0.0616 e. The van der Waals surface area contributed by atoms with Crippen LogP contribution in [-0.4, -0.2) is 0 Å². The van der Waals surface area contributed by atoms with E-state index >= 15 is 0 Å². The molecule has 0 heteroatoms. The van der Waals surface area contributed by atoms with Crippen molar-refractivity contribution in [1.29, 1.82) is 0 Å². The Balaban J connectivity index is 1.32. The van der Waals surface area contributed by atoms with Gasteiger partial charge >= 0.3 is 0 Å². The third-order valence-corrected chi connectivity index (χ3v) is 11.2. The number of hydrogen-bond acceptors (Lipinski definition) is 0. The minimum absolute atomic E-state index is 1.25. The first kappa shape index (κ1) is 29.0. The van der Waals surface area contributed by atoms with Crippen molar-refractivity contribution in [3.05, 3.63) is 194 Å². The van der Waals surface area contributed by atoms with Crippen LogP contribution in [0, 0.1) is 0 Å². The topological polar surface area (TPSA) is 0 Å². The van der Waals surface area contributed by atoms with Gasteiger partial charge in [-0.2, -0.15) is 0 Å². The van der Waals surface area contributed by atoms with Gasteiger partial charge in [-0.3, -0.25) is 0 Å². The lowest BCUT2D eigenvalue weighted by Crippen LogP contribution is -1.99. The molecule has 1 aliphatic rings. The maximum Gasteiger partial charge on any atom is -0.00139 e. The lowest BCUT2D eigenvalue weighted by atomic mass is 9.76. The highest BCUT2D eigenvalue weighted by molar-refractivity contribution is 6.28. The van der Waals surface area contributed by atoms with Gasteiger partial charge in [0.1, 0.15) is 0 Å². The zero-order chi connectivity index (χ0) is 34.2. The van der Waals surface area contributed by atoms with Gasteiger partial charge in [-0.05, 0) is 116 Å². The predicted molar refractivity (Wildman–Crippen MR) is 223 cm³/mol. The average Bonchev–Trinajstić information content (AvgIpc) is 3.21. The fourth-order valence-electron chi connectivity index (χ4n) is 9.09. The Labute approximate surface area is 302 Å². The Bertz CT molecular complexity index is 2950. The minimum Gasteiger partial charge on any atom is -0.0616 e. The van der Waals surface area contributed by atoms with E-state index in [2.05, 4.69) is 194 Å². The zero-order valence-corrected chi connectivity index (χ0v) is 28.5. The van der Waals surface area contributed by atoms with Gasteiger partial charge in [0.05, 0.1) is 0 Å². The molecule has 0 aliphatic heterocycles. The number of benzene rings is 10. The first-order valence-corrected chi connectivity index (χ1v) is 18.1. The van der Waals surface area contributed by atoms with Crippen molar-refractivity contribution < 1.29 is 0 Å². The maximum absolute atomic E-state index is 2.35. The molecule has 0 nitrogen and oxygen atoms in total. The first-order chi connectivity index (χ1) is 25.8. The van der Waals surface area contributed by atoms with Crippen LogP contribution in [0.2, 0.25) is 0 Å². The van der Waals surface area contributed by atoms with Crippen molar-refractivity contribution in [1.82, 2.24) is 0 Å². The number of hydrogen-bond donors (Lipinski definition) is 0. The fraction of sp³-hybridized carbons (Fsp3) is 0. The third-order valence-electron chi connectivity index (χ3n) is 11.2. The Morgan fingerprint density at radius 2 is 0.481 bits per heavy atom. The van der Waals surface area contributed by atoms with Crippen LogP contribution in [0.25, 0.3) is 110 Å². The molecular weight excluding hydrogens is 625 g/mol. The van der Waals surface area contributed by atoms with E-state index in [0.29, 0.717) is 0 Å². The van der Waals surface area contributed by atoms with Crippen LogP contribution >= 0.6 is 0 Å². The van der Waals surface area contributed by atoms with E-state index in [-0.39, 0.29) is 0 Å². The molecule has 0 atom stereocenters. The molecule has 0 N–H and O–H groups in total. The zero-order valence-electron chi connectivity index (χ0n) is 28.5. The molecule has 0 unspecified atom stereocenters. The van der Waals surface area contributed by atoms with Gasteiger partial charge < -0.3 is 0 Å². The molecule has 0 amide bonds. The molecule has 0 heterocycles. The molecule has 10 aromatic rings. The Hall–Kier alpha value is -6.76. The summed E-state index contributed by atoms with van der Waals surface area (Å²) in [6, 6.07) is 72.0. The van der Waals surface area contributed by atoms with Crippen LogP contribution < -0.4 is 0 Å². The molecule has 0 fully saturated rings. The van der Waals surface area contributed by atoms with E-state index in [1.165, 1.54) is 110 Å². The Morgan fingerprint density at radius 1 is 0.173 bits per heavy atom. The molecule has 0 saturated heterocycles. The molecule has 240 valence electrons. The predicted octanol–water partition coefficient (Wildman–Crippen LogP) is 14.6. The molecule has 0 aromatic heterocycles. The molecular formula is C52H32. The summed E-state index contributed by atoms with van der Waals surface area (Å²) in [6.45, 7) is 0. The standard InChI is InChI=1S/C52H32/c1-3-18-35-33(16-1)32-34-17-2-4-19-36(34)51(35)52-46-28-13-11-26-44(46)50(45-27-12-14-29-47(45)52)48-31-15-30-43-41-23-8-7-22-39(41)37-20-5-6-21-38(37)40-24-9-10-25-42(40)49(43)48/h1-32H. The average molecular weight is 657 g/mol.